The number of para-hydroxylation sites is 1. The van der Waals surface area contributed by atoms with Gasteiger partial charge in [-0.05, 0) is 31.5 Å². The molecule has 1 aromatic rings. The van der Waals surface area contributed by atoms with E-state index in [1.807, 2.05) is 0 Å². The van der Waals surface area contributed by atoms with E-state index in [0.29, 0.717) is 18.7 Å². The highest BCUT2D eigenvalue weighted by atomic mass is 16.2. The average molecular weight is 264 g/mol. The van der Waals surface area contributed by atoms with Gasteiger partial charge in [-0.1, -0.05) is 18.6 Å². The van der Waals surface area contributed by atoms with E-state index < -0.39 is 17.9 Å². The highest BCUT2D eigenvalue weighted by Crippen LogP contribution is 2.10. The van der Waals surface area contributed by atoms with Gasteiger partial charge in [0, 0.05) is 5.69 Å². The molecule has 0 aliphatic carbocycles. The van der Waals surface area contributed by atoms with Gasteiger partial charge in [-0.2, -0.15) is 0 Å². The third-order valence-electron chi connectivity index (χ3n) is 2.75. The van der Waals surface area contributed by atoms with Crippen LogP contribution >= 0.6 is 0 Å². The van der Waals surface area contributed by atoms with Gasteiger partial charge in [-0.3, -0.25) is 14.9 Å². The number of nitrogen functional groups attached to an aromatic ring is 1. The second-order valence-corrected chi connectivity index (χ2v) is 4.30. The number of imide groups is 1. The molecule has 0 unspecified atom stereocenters. The first kappa shape index (κ1) is 15.1. The Morgan fingerprint density at radius 3 is 2.53 bits per heavy atom. The van der Waals surface area contributed by atoms with E-state index in [2.05, 4.69) is 5.32 Å². The topological polar surface area (TPSA) is 124 Å². The smallest absolute Gasteiger partial charge is 0.259 e. The lowest BCUT2D eigenvalue weighted by Gasteiger charge is -2.11. The second-order valence-electron chi connectivity index (χ2n) is 4.30. The number of unbranched alkanes of at least 4 members (excludes halogenated alkanes) is 1. The van der Waals surface area contributed by atoms with Crippen LogP contribution in [0.2, 0.25) is 0 Å². The fraction of sp³-hybridized carbons (Fsp3) is 0.385. The maximum atomic E-state index is 11.8. The largest absolute Gasteiger partial charge is 0.398 e. The zero-order valence-corrected chi connectivity index (χ0v) is 10.8. The molecule has 2 amide bonds. The quantitative estimate of drug-likeness (QED) is 0.424. The average Bonchev–Trinajstić information content (AvgIpc) is 2.39. The van der Waals surface area contributed by atoms with Gasteiger partial charge in [0.15, 0.2) is 0 Å². The summed E-state index contributed by atoms with van der Waals surface area (Å²) in [6, 6.07) is 5.84. The molecule has 0 heterocycles. The molecule has 0 bridgehead atoms. The fourth-order valence-electron chi connectivity index (χ4n) is 1.62. The number of hydrogen-bond acceptors (Lipinski definition) is 5. The number of anilines is 1. The lowest BCUT2D eigenvalue weighted by Crippen LogP contribution is -2.43. The summed E-state index contributed by atoms with van der Waals surface area (Å²) in [7, 11) is 0. The molecule has 104 valence electrons. The predicted octanol–water partition coefficient (Wildman–Crippen LogP) is -0.0185. The van der Waals surface area contributed by atoms with Crippen LogP contribution in [-0.4, -0.2) is 24.4 Å². The van der Waals surface area contributed by atoms with Crippen LogP contribution < -0.4 is 22.5 Å². The molecule has 1 atom stereocenters. The summed E-state index contributed by atoms with van der Waals surface area (Å²) < 4.78 is 0. The van der Waals surface area contributed by atoms with Crippen molar-refractivity contribution in [1.82, 2.24) is 5.32 Å². The second kappa shape index (κ2) is 7.50. The number of rotatable bonds is 6. The molecule has 0 aliphatic heterocycles. The molecule has 0 spiro atoms. The standard InChI is InChI=1S/C13H20N4O2/c14-8-4-3-7-11(16)13(19)17-12(18)9-5-1-2-6-10(9)15/h1-2,5-6,11H,3-4,7-8,14-16H2,(H,17,18,19)/t11-/m0/s1. The van der Waals surface area contributed by atoms with E-state index in [4.69, 9.17) is 17.2 Å². The van der Waals surface area contributed by atoms with Crippen LogP contribution in [0.1, 0.15) is 29.6 Å². The van der Waals surface area contributed by atoms with Crippen LogP contribution in [0.15, 0.2) is 24.3 Å². The first-order chi connectivity index (χ1) is 9.06. The van der Waals surface area contributed by atoms with Crippen molar-refractivity contribution in [3.8, 4) is 0 Å². The summed E-state index contributed by atoms with van der Waals surface area (Å²) in [5.74, 6) is -1.03. The van der Waals surface area contributed by atoms with Crippen molar-refractivity contribution in [3.05, 3.63) is 29.8 Å². The number of hydrogen-bond donors (Lipinski definition) is 4. The Morgan fingerprint density at radius 1 is 1.21 bits per heavy atom. The predicted molar refractivity (Wildman–Crippen MR) is 74.2 cm³/mol. The normalized spacial score (nSPS) is 11.9. The van der Waals surface area contributed by atoms with Crippen LogP contribution in [0.5, 0.6) is 0 Å². The molecule has 0 fully saturated rings. The van der Waals surface area contributed by atoms with E-state index in [9.17, 15) is 9.59 Å². The Bertz CT molecular complexity index is 448. The first-order valence-corrected chi connectivity index (χ1v) is 6.21. The lowest BCUT2D eigenvalue weighted by molar-refractivity contribution is -0.121. The summed E-state index contributed by atoms with van der Waals surface area (Å²) in [5.41, 5.74) is 17.3. The molecule has 0 saturated heterocycles. The lowest BCUT2D eigenvalue weighted by atomic mass is 10.1. The molecule has 1 aromatic carbocycles. The van der Waals surface area contributed by atoms with Crippen molar-refractivity contribution < 1.29 is 9.59 Å². The van der Waals surface area contributed by atoms with Crippen LogP contribution in [-0.2, 0) is 4.79 Å². The summed E-state index contributed by atoms with van der Waals surface area (Å²) in [6.45, 7) is 0.563. The van der Waals surface area contributed by atoms with Gasteiger partial charge in [-0.15, -0.1) is 0 Å². The van der Waals surface area contributed by atoms with Gasteiger partial charge >= 0.3 is 0 Å². The van der Waals surface area contributed by atoms with Crippen molar-refractivity contribution >= 4 is 17.5 Å². The summed E-state index contributed by atoms with van der Waals surface area (Å²) in [4.78, 5) is 23.5. The molecule has 0 aromatic heterocycles. The highest BCUT2D eigenvalue weighted by Gasteiger charge is 2.17. The van der Waals surface area contributed by atoms with E-state index in [1.165, 1.54) is 0 Å². The Balaban J connectivity index is 2.52. The minimum absolute atomic E-state index is 0.269. The fourth-order valence-corrected chi connectivity index (χ4v) is 1.62. The minimum atomic E-state index is -0.708. The number of carbonyl (C=O) groups is 2. The molecule has 1 rings (SSSR count). The molecular weight excluding hydrogens is 244 g/mol. The molecule has 7 N–H and O–H groups in total. The number of benzene rings is 1. The van der Waals surface area contributed by atoms with Crippen LogP contribution in [0, 0.1) is 0 Å². The maximum Gasteiger partial charge on any atom is 0.259 e. The van der Waals surface area contributed by atoms with Crippen LogP contribution in [0.3, 0.4) is 0 Å². The third-order valence-corrected chi connectivity index (χ3v) is 2.75. The SMILES string of the molecule is NCCCC[C@H](N)C(=O)NC(=O)c1ccccc1N. The zero-order chi connectivity index (χ0) is 14.3. The third kappa shape index (κ3) is 4.69. The Kier molecular flexibility index (Phi) is 5.98. The minimum Gasteiger partial charge on any atom is -0.398 e. The summed E-state index contributed by atoms with van der Waals surface area (Å²) >= 11 is 0. The van der Waals surface area contributed by atoms with E-state index in [1.54, 1.807) is 24.3 Å². The summed E-state index contributed by atoms with van der Waals surface area (Å²) in [5, 5.41) is 2.25. The van der Waals surface area contributed by atoms with Crippen molar-refractivity contribution in [3.63, 3.8) is 0 Å². The Morgan fingerprint density at radius 2 is 1.89 bits per heavy atom. The monoisotopic (exact) mass is 264 g/mol. The van der Waals surface area contributed by atoms with E-state index in [0.717, 1.165) is 12.8 Å². The number of nitrogens with one attached hydrogen (secondary N) is 1. The molecule has 0 radical (unpaired) electrons. The maximum absolute atomic E-state index is 11.8. The van der Waals surface area contributed by atoms with Gasteiger partial charge in [0.05, 0.1) is 11.6 Å². The van der Waals surface area contributed by atoms with Gasteiger partial charge in [-0.25, -0.2) is 0 Å². The Hall–Kier alpha value is -1.92. The van der Waals surface area contributed by atoms with Crippen molar-refractivity contribution in [2.75, 3.05) is 12.3 Å². The van der Waals surface area contributed by atoms with Gasteiger partial charge in [0.2, 0.25) is 5.91 Å². The number of carbonyl (C=O) groups excluding carboxylic acids is 2. The molecule has 0 saturated carbocycles. The first-order valence-electron chi connectivity index (χ1n) is 6.21. The summed E-state index contributed by atoms with van der Waals surface area (Å²) in [6.07, 6.45) is 2.06. The molecule has 6 heteroatoms. The van der Waals surface area contributed by atoms with Gasteiger partial charge in [0.25, 0.3) is 5.91 Å². The molecule has 0 aliphatic rings. The van der Waals surface area contributed by atoms with Crippen molar-refractivity contribution in [2.24, 2.45) is 11.5 Å². The van der Waals surface area contributed by atoms with Crippen molar-refractivity contribution in [2.45, 2.75) is 25.3 Å². The zero-order valence-electron chi connectivity index (χ0n) is 10.8. The highest BCUT2D eigenvalue weighted by molar-refractivity contribution is 6.08. The molecule has 19 heavy (non-hydrogen) atoms. The van der Waals surface area contributed by atoms with Crippen molar-refractivity contribution in [1.29, 1.82) is 0 Å². The molecular formula is C13H20N4O2. The van der Waals surface area contributed by atoms with Gasteiger partial charge in [0.1, 0.15) is 0 Å². The number of nitrogens with two attached hydrogens (primary N) is 3. The van der Waals surface area contributed by atoms with Gasteiger partial charge < -0.3 is 17.2 Å². The van der Waals surface area contributed by atoms with Crippen LogP contribution in [0.4, 0.5) is 5.69 Å². The van der Waals surface area contributed by atoms with Crippen LogP contribution in [0.25, 0.3) is 0 Å². The Labute approximate surface area is 112 Å². The van der Waals surface area contributed by atoms with E-state index in [-0.39, 0.29) is 5.56 Å². The number of amides is 2. The molecule has 6 nitrogen and oxygen atoms in total. The van der Waals surface area contributed by atoms with E-state index >= 15 is 0 Å².